The Balaban J connectivity index is 2.37. The van der Waals surface area contributed by atoms with E-state index in [4.69, 9.17) is 23.2 Å². The van der Waals surface area contributed by atoms with E-state index < -0.39 is 29.2 Å². The lowest BCUT2D eigenvalue weighted by molar-refractivity contribution is -0.137. The van der Waals surface area contributed by atoms with E-state index in [1.54, 1.807) is 0 Å². The van der Waals surface area contributed by atoms with Gasteiger partial charge < -0.3 is 10.6 Å². The standard InChI is InChI=1S/C16H11Cl2F3N2O2/c1-8(24)22-12-2-3-14(13(7-12)16(19,20)21)23-15(25)9-4-10(17)6-11(18)5-9/h2-7H,1H3,(H,22,24)(H,23,25). The fourth-order valence-electron chi connectivity index (χ4n) is 2.05. The second-order valence-electron chi connectivity index (χ2n) is 5.05. The maximum absolute atomic E-state index is 13.2. The van der Waals surface area contributed by atoms with Crippen molar-refractivity contribution in [3.05, 3.63) is 57.6 Å². The van der Waals surface area contributed by atoms with E-state index >= 15 is 0 Å². The van der Waals surface area contributed by atoms with Crippen LogP contribution in [0, 0.1) is 0 Å². The highest BCUT2D eigenvalue weighted by Gasteiger charge is 2.34. The van der Waals surface area contributed by atoms with Crippen molar-refractivity contribution < 1.29 is 22.8 Å². The zero-order valence-electron chi connectivity index (χ0n) is 12.7. The predicted octanol–water partition coefficient (Wildman–Crippen LogP) is 5.22. The first-order valence-electron chi connectivity index (χ1n) is 6.82. The van der Waals surface area contributed by atoms with E-state index in [9.17, 15) is 22.8 Å². The zero-order valence-corrected chi connectivity index (χ0v) is 14.2. The quantitative estimate of drug-likeness (QED) is 0.754. The molecule has 0 aliphatic heterocycles. The van der Waals surface area contributed by atoms with Gasteiger partial charge in [-0.05, 0) is 36.4 Å². The molecule has 0 atom stereocenters. The zero-order chi connectivity index (χ0) is 18.8. The van der Waals surface area contributed by atoms with E-state index in [1.165, 1.54) is 31.2 Å². The Labute approximate surface area is 150 Å². The lowest BCUT2D eigenvalue weighted by Crippen LogP contribution is -2.17. The monoisotopic (exact) mass is 390 g/mol. The van der Waals surface area contributed by atoms with Gasteiger partial charge in [0.2, 0.25) is 5.91 Å². The number of alkyl halides is 3. The first kappa shape index (κ1) is 19.1. The number of amides is 2. The third-order valence-electron chi connectivity index (χ3n) is 3.02. The van der Waals surface area contributed by atoms with Gasteiger partial charge >= 0.3 is 6.18 Å². The smallest absolute Gasteiger partial charge is 0.326 e. The van der Waals surface area contributed by atoms with Crippen molar-refractivity contribution in [1.29, 1.82) is 0 Å². The van der Waals surface area contributed by atoms with Crippen LogP contribution in [-0.2, 0) is 11.0 Å². The van der Waals surface area contributed by atoms with Crippen LogP contribution in [0.5, 0.6) is 0 Å². The molecule has 0 aromatic heterocycles. The maximum Gasteiger partial charge on any atom is 0.418 e. The molecule has 25 heavy (non-hydrogen) atoms. The van der Waals surface area contributed by atoms with Crippen molar-refractivity contribution in [1.82, 2.24) is 0 Å². The van der Waals surface area contributed by atoms with Crippen LogP contribution in [0.3, 0.4) is 0 Å². The molecule has 9 heteroatoms. The second-order valence-corrected chi connectivity index (χ2v) is 5.92. The molecule has 0 unspecified atom stereocenters. The fourth-order valence-corrected chi connectivity index (χ4v) is 2.57. The number of carbonyl (C=O) groups excluding carboxylic acids is 2. The van der Waals surface area contributed by atoms with Crippen molar-refractivity contribution >= 4 is 46.4 Å². The molecular formula is C16H11Cl2F3N2O2. The van der Waals surface area contributed by atoms with Gasteiger partial charge in [0.05, 0.1) is 11.3 Å². The largest absolute Gasteiger partial charge is 0.418 e. The minimum Gasteiger partial charge on any atom is -0.326 e. The van der Waals surface area contributed by atoms with Gasteiger partial charge in [0.1, 0.15) is 0 Å². The third-order valence-corrected chi connectivity index (χ3v) is 3.45. The summed E-state index contributed by atoms with van der Waals surface area (Å²) in [6.07, 6.45) is -4.73. The van der Waals surface area contributed by atoms with Crippen LogP contribution in [0.2, 0.25) is 10.0 Å². The van der Waals surface area contributed by atoms with Crippen LogP contribution < -0.4 is 10.6 Å². The summed E-state index contributed by atoms with van der Waals surface area (Å²) >= 11 is 11.6. The van der Waals surface area contributed by atoms with Crippen LogP contribution in [-0.4, -0.2) is 11.8 Å². The van der Waals surface area contributed by atoms with Crippen molar-refractivity contribution in [2.24, 2.45) is 0 Å². The van der Waals surface area contributed by atoms with Crippen LogP contribution in [0.4, 0.5) is 24.5 Å². The summed E-state index contributed by atoms with van der Waals surface area (Å²) in [5.74, 6) is -1.32. The van der Waals surface area contributed by atoms with Crippen molar-refractivity contribution in [2.75, 3.05) is 10.6 Å². The Kier molecular flexibility index (Phi) is 5.59. The number of anilines is 2. The number of carbonyl (C=O) groups is 2. The van der Waals surface area contributed by atoms with Crippen molar-refractivity contribution in [3.63, 3.8) is 0 Å². The molecular weight excluding hydrogens is 380 g/mol. The second kappa shape index (κ2) is 7.33. The van der Waals surface area contributed by atoms with E-state index in [-0.39, 0.29) is 21.3 Å². The van der Waals surface area contributed by atoms with Gasteiger partial charge in [-0.15, -0.1) is 0 Å². The summed E-state index contributed by atoms with van der Waals surface area (Å²) in [5.41, 5.74) is -1.58. The molecule has 0 bridgehead atoms. The molecule has 0 fully saturated rings. The number of halogens is 5. The molecule has 0 aliphatic rings. The Morgan fingerprint density at radius 2 is 1.56 bits per heavy atom. The molecule has 0 spiro atoms. The number of rotatable bonds is 3. The molecule has 2 rings (SSSR count). The lowest BCUT2D eigenvalue weighted by atomic mass is 10.1. The highest BCUT2D eigenvalue weighted by molar-refractivity contribution is 6.35. The first-order valence-corrected chi connectivity index (χ1v) is 7.58. The van der Waals surface area contributed by atoms with Crippen molar-refractivity contribution in [3.8, 4) is 0 Å². The molecule has 0 aliphatic carbocycles. The first-order chi connectivity index (χ1) is 11.6. The lowest BCUT2D eigenvalue weighted by Gasteiger charge is -2.15. The van der Waals surface area contributed by atoms with Gasteiger partial charge in [-0.1, -0.05) is 23.2 Å². The van der Waals surface area contributed by atoms with Crippen LogP contribution >= 0.6 is 23.2 Å². The molecule has 0 heterocycles. The molecule has 2 N–H and O–H groups in total. The molecule has 132 valence electrons. The van der Waals surface area contributed by atoms with Crippen molar-refractivity contribution in [2.45, 2.75) is 13.1 Å². The summed E-state index contributed by atoms with van der Waals surface area (Å²) in [5, 5.41) is 4.79. The Morgan fingerprint density at radius 3 is 2.08 bits per heavy atom. The molecule has 0 saturated heterocycles. The van der Waals surface area contributed by atoms with Gasteiger partial charge in [0.25, 0.3) is 5.91 Å². The van der Waals surface area contributed by atoms with Crippen LogP contribution in [0.1, 0.15) is 22.8 Å². The fraction of sp³-hybridized carbons (Fsp3) is 0.125. The van der Waals surface area contributed by atoms with Gasteiger partial charge in [-0.3, -0.25) is 9.59 Å². The number of benzene rings is 2. The summed E-state index contributed by atoms with van der Waals surface area (Å²) in [4.78, 5) is 23.2. The Morgan fingerprint density at radius 1 is 0.960 bits per heavy atom. The van der Waals surface area contributed by atoms with E-state index in [0.29, 0.717) is 0 Å². The third kappa shape index (κ3) is 5.11. The average Bonchev–Trinajstić information content (AvgIpc) is 2.46. The summed E-state index contributed by atoms with van der Waals surface area (Å²) in [6, 6.07) is 6.99. The summed E-state index contributed by atoms with van der Waals surface area (Å²) in [7, 11) is 0. The molecule has 2 aromatic rings. The van der Waals surface area contributed by atoms with E-state index in [2.05, 4.69) is 10.6 Å². The normalized spacial score (nSPS) is 11.1. The minimum absolute atomic E-state index is 0.0107. The molecule has 0 saturated carbocycles. The molecule has 2 amide bonds. The van der Waals surface area contributed by atoms with E-state index in [1.807, 2.05) is 0 Å². The van der Waals surface area contributed by atoms with Gasteiger partial charge in [-0.25, -0.2) is 0 Å². The molecule has 4 nitrogen and oxygen atoms in total. The van der Waals surface area contributed by atoms with Gasteiger partial charge in [-0.2, -0.15) is 13.2 Å². The van der Waals surface area contributed by atoms with Crippen LogP contribution in [0.25, 0.3) is 0 Å². The summed E-state index contributed by atoms with van der Waals surface area (Å²) in [6.45, 7) is 1.17. The Hall–Kier alpha value is -2.25. The number of nitrogens with one attached hydrogen (secondary N) is 2. The van der Waals surface area contributed by atoms with Gasteiger partial charge in [0.15, 0.2) is 0 Å². The maximum atomic E-state index is 13.2. The summed E-state index contributed by atoms with van der Waals surface area (Å²) < 4.78 is 39.7. The SMILES string of the molecule is CC(=O)Nc1ccc(NC(=O)c2cc(Cl)cc(Cl)c2)c(C(F)(F)F)c1. The van der Waals surface area contributed by atoms with Crippen LogP contribution in [0.15, 0.2) is 36.4 Å². The Bertz CT molecular complexity index is 818. The topological polar surface area (TPSA) is 58.2 Å². The predicted molar refractivity (Wildman–Crippen MR) is 90.2 cm³/mol. The van der Waals surface area contributed by atoms with Gasteiger partial charge in [0, 0.05) is 28.2 Å². The number of hydrogen-bond donors (Lipinski definition) is 2. The highest BCUT2D eigenvalue weighted by Crippen LogP contribution is 2.37. The number of hydrogen-bond acceptors (Lipinski definition) is 2. The average molecular weight is 391 g/mol. The molecule has 0 radical (unpaired) electrons. The molecule has 2 aromatic carbocycles. The highest BCUT2D eigenvalue weighted by atomic mass is 35.5. The minimum atomic E-state index is -4.73. The van der Waals surface area contributed by atoms with E-state index in [0.717, 1.165) is 12.1 Å².